The third kappa shape index (κ3) is 4.17. The van der Waals surface area contributed by atoms with Crippen molar-refractivity contribution in [2.24, 2.45) is 0 Å². The summed E-state index contributed by atoms with van der Waals surface area (Å²) in [6.07, 6.45) is 6.13. The van der Waals surface area contributed by atoms with Crippen LogP contribution in [-0.4, -0.2) is 28.2 Å². The van der Waals surface area contributed by atoms with E-state index in [0.29, 0.717) is 22.0 Å². The Morgan fingerprint density at radius 2 is 1.65 bits per heavy atom. The Morgan fingerprint density at radius 1 is 0.912 bits per heavy atom. The number of nitro groups is 1. The van der Waals surface area contributed by atoms with Gasteiger partial charge >= 0.3 is 0 Å². The number of hydrogen-bond acceptors (Lipinski definition) is 4. The molecule has 0 N–H and O–H groups in total. The van der Waals surface area contributed by atoms with Gasteiger partial charge in [0.1, 0.15) is 11.4 Å². The maximum atomic E-state index is 13.8. The first kappa shape index (κ1) is 22.2. The van der Waals surface area contributed by atoms with Crippen LogP contribution in [0.3, 0.4) is 0 Å². The first-order valence-electron chi connectivity index (χ1n) is 11.5. The number of carbonyl (C=O) groups is 1. The van der Waals surface area contributed by atoms with Crippen LogP contribution in [0.1, 0.15) is 41.7 Å². The van der Waals surface area contributed by atoms with E-state index < -0.39 is 0 Å². The minimum atomic E-state index is -0.382. The average Bonchev–Trinajstić information content (AvgIpc) is 3.02. The summed E-state index contributed by atoms with van der Waals surface area (Å²) in [6, 6.07) is 19.8. The standard InChI is InChI=1S/C27H24ClN3O3/c28-21-11-8-19(9-12-21)23-18-22-7-3-6-16-30(22)26(23)27(32)20-10-13-24(25(17-20)31(33)34)29-14-4-1-2-5-15-29/h3,6-13,16-18H,1-2,4-5,14-15H2. The molecular weight excluding hydrogens is 450 g/mol. The molecule has 1 aliphatic rings. The zero-order chi connectivity index (χ0) is 23.7. The second-order valence-corrected chi connectivity index (χ2v) is 9.04. The number of pyridine rings is 1. The Hall–Kier alpha value is -3.64. The molecule has 5 rings (SSSR count). The van der Waals surface area contributed by atoms with Gasteiger partial charge in [-0.05, 0) is 60.9 Å². The van der Waals surface area contributed by atoms with Crippen molar-refractivity contribution in [2.45, 2.75) is 25.7 Å². The van der Waals surface area contributed by atoms with Crippen LogP contribution < -0.4 is 4.90 Å². The molecule has 172 valence electrons. The summed E-state index contributed by atoms with van der Waals surface area (Å²) >= 11 is 6.07. The van der Waals surface area contributed by atoms with Crippen LogP contribution in [0.15, 0.2) is 72.9 Å². The van der Waals surface area contributed by atoms with Gasteiger partial charge in [0.25, 0.3) is 5.69 Å². The third-order valence-corrected chi connectivity index (χ3v) is 6.68. The number of nitrogens with zero attached hydrogens (tertiary/aromatic N) is 3. The van der Waals surface area contributed by atoms with E-state index in [1.54, 1.807) is 24.3 Å². The van der Waals surface area contributed by atoms with Crippen LogP contribution in [-0.2, 0) is 0 Å². The van der Waals surface area contributed by atoms with Gasteiger partial charge in [-0.15, -0.1) is 0 Å². The van der Waals surface area contributed by atoms with Crippen LogP contribution in [0, 0.1) is 10.1 Å². The largest absolute Gasteiger partial charge is 0.366 e. The molecule has 1 fully saturated rings. The van der Waals surface area contributed by atoms with E-state index in [2.05, 4.69) is 4.90 Å². The van der Waals surface area contributed by atoms with Crippen LogP contribution in [0.2, 0.25) is 5.02 Å². The van der Waals surface area contributed by atoms with E-state index in [-0.39, 0.29) is 16.4 Å². The maximum Gasteiger partial charge on any atom is 0.293 e. The van der Waals surface area contributed by atoms with Gasteiger partial charge in [0.05, 0.1) is 4.92 Å². The predicted octanol–water partition coefficient (Wildman–Crippen LogP) is 6.78. The van der Waals surface area contributed by atoms with Gasteiger partial charge in [0.2, 0.25) is 5.78 Å². The lowest BCUT2D eigenvalue weighted by molar-refractivity contribution is -0.384. The highest BCUT2D eigenvalue weighted by atomic mass is 35.5. The maximum absolute atomic E-state index is 13.8. The molecule has 0 atom stereocenters. The lowest BCUT2D eigenvalue weighted by Gasteiger charge is -2.22. The van der Waals surface area contributed by atoms with E-state index in [0.717, 1.165) is 55.4 Å². The topological polar surface area (TPSA) is 67.9 Å². The lowest BCUT2D eigenvalue weighted by atomic mass is 9.99. The Morgan fingerprint density at radius 3 is 2.35 bits per heavy atom. The zero-order valence-electron chi connectivity index (χ0n) is 18.6. The Labute approximate surface area is 202 Å². The van der Waals surface area contributed by atoms with E-state index in [4.69, 9.17) is 11.6 Å². The normalized spacial score (nSPS) is 14.2. The molecule has 0 amide bonds. The Balaban J connectivity index is 1.61. The average molecular weight is 474 g/mol. The third-order valence-electron chi connectivity index (χ3n) is 6.43. The van der Waals surface area contributed by atoms with Crippen LogP contribution in [0.4, 0.5) is 11.4 Å². The van der Waals surface area contributed by atoms with E-state index in [1.807, 2.05) is 47.0 Å². The number of benzene rings is 2. The SMILES string of the molecule is O=C(c1ccc(N2CCCCCC2)c([N+](=O)[O-])c1)c1c(-c2ccc(Cl)cc2)cc2ccccn12. The van der Waals surface area contributed by atoms with Crippen molar-refractivity contribution in [3.63, 3.8) is 0 Å². The first-order valence-corrected chi connectivity index (χ1v) is 11.8. The summed E-state index contributed by atoms with van der Waals surface area (Å²) in [4.78, 5) is 27.5. The number of nitro benzene ring substituents is 1. The highest BCUT2D eigenvalue weighted by Crippen LogP contribution is 2.34. The molecule has 34 heavy (non-hydrogen) atoms. The molecule has 6 nitrogen and oxygen atoms in total. The molecule has 0 unspecified atom stereocenters. The van der Waals surface area contributed by atoms with E-state index >= 15 is 0 Å². The van der Waals surface area contributed by atoms with E-state index in [1.165, 1.54) is 6.07 Å². The summed E-state index contributed by atoms with van der Waals surface area (Å²) < 4.78 is 1.83. The fourth-order valence-corrected chi connectivity index (χ4v) is 4.86. The lowest BCUT2D eigenvalue weighted by Crippen LogP contribution is -2.24. The highest BCUT2D eigenvalue weighted by molar-refractivity contribution is 6.30. The molecular formula is C27H24ClN3O3. The molecule has 1 aliphatic heterocycles. The highest BCUT2D eigenvalue weighted by Gasteiger charge is 2.26. The molecule has 0 spiro atoms. The molecule has 0 aliphatic carbocycles. The van der Waals surface area contributed by atoms with Gasteiger partial charge in [-0.3, -0.25) is 14.9 Å². The predicted molar refractivity (Wildman–Crippen MR) is 135 cm³/mol. The van der Waals surface area contributed by atoms with Crippen molar-refractivity contribution in [1.29, 1.82) is 0 Å². The van der Waals surface area contributed by atoms with Crippen molar-refractivity contribution < 1.29 is 9.72 Å². The summed E-state index contributed by atoms with van der Waals surface area (Å²) in [5.41, 5.74) is 3.80. The minimum Gasteiger partial charge on any atom is -0.366 e. The monoisotopic (exact) mass is 473 g/mol. The Kier molecular flexibility index (Phi) is 6.07. The number of ketones is 1. The van der Waals surface area contributed by atoms with Gasteiger partial charge in [-0.1, -0.05) is 42.6 Å². The molecule has 0 bridgehead atoms. The molecule has 4 aromatic rings. The number of anilines is 1. The molecule has 2 aromatic heterocycles. The summed E-state index contributed by atoms with van der Waals surface area (Å²) in [7, 11) is 0. The molecule has 0 radical (unpaired) electrons. The number of hydrogen-bond donors (Lipinski definition) is 0. The Bertz CT molecular complexity index is 1370. The summed E-state index contributed by atoms with van der Waals surface area (Å²) in [6.45, 7) is 1.58. The molecule has 1 saturated heterocycles. The molecule has 0 saturated carbocycles. The molecule has 3 heterocycles. The van der Waals surface area contributed by atoms with Gasteiger partial charge in [-0.2, -0.15) is 0 Å². The van der Waals surface area contributed by atoms with Crippen molar-refractivity contribution >= 4 is 34.3 Å². The number of fused-ring (bicyclic) bond motifs is 1. The number of rotatable bonds is 5. The van der Waals surface area contributed by atoms with Crippen molar-refractivity contribution in [2.75, 3.05) is 18.0 Å². The number of aromatic nitrogens is 1. The summed E-state index contributed by atoms with van der Waals surface area (Å²) in [5, 5.41) is 12.6. The quantitative estimate of drug-likeness (QED) is 0.182. The van der Waals surface area contributed by atoms with Crippen LogP contribution in [0.5, 0.6) is 0 Å². The molecule has 2 aromatic carbocycles. The van der Waals surface area contributed by atoms with Crippen LogP contribution >= 0.6 is 11.6 Å². The van der Waals surface area contributed by atoms with Gasteiger partial charge in [0.15, 0.2) is 0 Å². The number of halogens is 1. The summed E-state index contributed by atoms with van der Waals surface area (Å²) in [5.74, 6) is -0.262. The van der Waals surface area contributed by atoms with Gasteiger partial charge in [-0.25, -0.2) is 0 Å². The van der Waals surface area contributed by atoms with Crippen molar-refractivity contribution in [3.8, 4) is 11.1 Å². The second-order valence-electron chi connectivity index (χ2n) is 8.60. The second kappa shape index (κ2) is 9.31. The van der Waals surface area contributed by atoms with Crippen molar-refractivity contribution in [1.82, 2.24) is 4.40 Å². The fraction of sp³-hybridized carbons (Fsp3) is 0.222. The number of carbonyl (C=O) groups excluding carboxylic acids is 1. The first-order chi connectivity index (χ1) is 16.5. The smallest absolute Gasteiger partial charge is 0.293 e. The van der Waals surface area contributed by atoms with Crippen molar-refractivity contribution in [3.05, 3.63) is 99.3 Å². The van der Waals surface area contributed by atoms with Gasteiger partial charge < -0.3 is 9.30 Å². The fourth-order valence-electron chi connectivity index (χ4n) is 4.73. The zero-order valence-corrected chi connectivity index (χ0v) is 19.4. The van der Waals surface area contributed by atoms with Gasteiger partial charge in [0, 0.05) is 47.0 Å². The minimum absolute atomic E-state index is 0.0262. The van der Waals surface area contributed by atoms with Crippen LogP contribution in [0.25, 0.3) is 16.6 Å². The van der Waals surface area contributed by atoms with E-state index in [9.17, 15) is 14.9 Å². The molecule has 7 heteroatoms.